The molecule has 3 aliphatic heterocycles. The van der Waals surface area contributed by atoms with Gasteiger partial charge in [0, 0.05) is 42.7 Å². The van der Waals surface area contributed by atoms with Crippen molar-refractivity contribution in [3.8, 4) is 0 Å². The number of carbonyl (C=O) groups excluding carboxylic acids is 3. The first kappa shape index (κ1) is 19.6. The summed E-state index contributed by atoms with van der Waals surface area (Å²) in [6.07, 6.45) is 4.61. The molecule has 1 fully saturated rings. The number of halogens is 2. The molecule has 7 nitrogen and oxygen atoms in total. The highest BCUT2D eigenvalue weighted by Crippen LogP contribution is 2.60. The number of allylic oxidation sites excluding steroid dienone is 2. The van der Waals surface area contributed by atoms with Gasteiger partial charge in [-0.15, -0.1) is 5.06 Å². The number of hydroxylamine groups is 2. The molecule has 0 radical (unpaired) electrons. The standard InChI is InChI=1S/C19H20F2N3O4S/c1-11-8-13(3)23-16(11)10-15-5-4-14(24(15)29(23,20)21)6-7-18(26)28-22-17(25)9-12(2)19(22)27/h4-5,8,10,12H,6-7,9H2,1-3H3/q+1. The van der Waals surface area contributed by atoms with Crippen LogP contribution in [0.1, 0.15) is 43.1 Å². The van der Waals surface area contributed by atoms with Gasteiger partial charge in [-0.2, -0.15) is 0 Å². The molecule has 0 aliphatic carbocycles. The second-order valence-corrected chi connectivity index (χ2v) is 8.91. The van der Waals surface area contributed by atoms with Gasteiger partial charge >= 0.3 is 17.1 Å². The van der Waals surface area contributed by atoms with Gasteiger partial charge in [-0.05, 0) is 25.5 Å². The van der Waals surface area contributed by atoms with Gasteiger partial charge < -0.3 is 4.84 Å². The Kier molecular flexibility index (Phi) is 4.49. The minimum Gasteiger partial charge on any atom is -0.330 e. The summed E-state index contributed by atoms with van der Waals surface area (Å²) >= 11 is -4.36. The number of fused-ring (bicyclic) bond motifs is 2. The molecular weight excluding hydrogens is 404 g/mol. The fourth-order valence-electron chi connectivity index (χ4n) is 3.75. The number of aryl methyl sites for hydroxylation is 2. The summed E-state index contributed by atoms with van der Waals surface area (Å²) in [4.78, 5) is 40.5. The molecule has 1 unspecified atom stereocenters. The summed E-state index contributed by atoms with van der Waals surface area (Å²) in [5.41, 5.74) is 2.40. The third-order valence-electron chi connectivity index (χ3n) is 5.14. The van der Waals surface area contributed by atoms with Crippen LogP contribution in [0.15, 0.2) is 23.9 Å². The Balaban J connectivity index is 1.53. The van der Waals surface area contributed by atoms with Crippen LogP contribution in [0.2, 0.25) is 0 Å². The lowest BCUT2D eigenvalue weighted by Gasteiger charge is -2.25. The maximum atomic E-state index is 15.3. The molecule has 0 saturated carbocycles. The molecule has 1 aromatic rings. The van der Waals surface area contributed by atoms with E-state index < -0.39 is 34.9 Å². The molecule has 4 heterocycles. The molecule has 4 rings (SSSR count). The molecule has 3 aliphatic rings. The quantitative estimate of drug-likeness (QED) is 0.549. The Bertz CT molecular complexity index is 1050. The van der Waals surface area contributed by atoms with Crippen LogP contribution in [0.4, 0.5) is 7.77 Å². The average Bonchev–Trinajstić information content (AvgIpc) is 3.25. The molecule has 0 aromatic carbocycles. The molecule has 1 aromatic heterocycles. The van der Waals surface area contributed by atoms with E-state index in [9.17, 15) is 14.4 Å². The maximum absolute atomic E-state index is 15.3. The highest BCUT2D eigenvalue weighted by molar-refractivity contribution is 8.18. The van der Waals surface area contributed by atoms with Gasteiger partial charge in [0.25, 0.3) is 11.8 Å². The lowest BCUT2D eigenvalue weighted by Crippen LogP contribution is -2.33. The topological polar surface area (TPSA) is 71.6 Å². The second-order valence-electron chi connectivity index (χ2n) is 7.35. The molecule has 29 heavy (non-hydrogen) atoms. The van der Waals surface area contributed by atoms with Gasteiger partial charge in [0.1, 0.15) is 0 Å². The summed E-state index contributed by atoms with van der Waals surface area (Å²) in [7, 11) is 0. The summed E-state index contributed by atoms with van der Waals surface area (Å²) in [6, 6.07) is 1.72. The van der Waals surface area contributed by atoms with Crippen molar-refractivity contribution in [2.24, 2.45) is 5.92 Å². The van der Waals surface area contributed by atoms with E-state index in [1.807, 2.05) is 0 Å². The smallest absolute Gasteiger partial charge is 0.330 e. The maximum Gasteiger partial charge on any atom is 0.387 e. The van der Waals surface area contributed by atoms with E-state index in [2.05, 4.69) is 0 Å². The van der Waals surface area contributed by atoms with E-state index in [4.69, 9.17) is 4.84 Å². The number of aromatic nitrogens is 1. The van der Waals surface area contributed by atoms with E-state index in [-0.39, 0.29) is 25.0 Å². The van der Waals surface area contributed by atoms with Crippen molar-refractivity contribution in [1.82, 2.24) is 9.04 Å². The Labute approximate surface area is 168 Å². The molecule has 0 bridgehead atoms. The average molecular weight is 424 g/mol. The first-order valence-electron chi connectivity index (χ1n) is 9.16. The van der Waals surface area contributed by atoms with Crippen LogP contribution in [0.5, 0.6) is 0 Å². The van der Waals surface area contributed by atoms with Gasteiger partial charge in [0.15, 0.2) is 0 Å². The fourth-order valence-corrected chi connectivity index (χ4v) is 5.55. The molecular formula is C19H20F2N3O4S+. The van der Waals surface area contributed by atoms with Crippen LogP contribution in [-0.2, 0) is 19.2 Å². The van der Waals surface area contributed by atoms with Crippen LogP contribution < -0.4 is 0 Å². The lowest BCUT2D eigenvalue weighted by atomic mass is 10.1. The number of amides is 2. The number of rotatable bonds is 4. The Morgan fingerprint density at radius 3 is 2.69 bits per heavy atom. The first-order chi connectivity index (χ1) is 13.6. The predicted octanol–water partition coefficient (Wildman–Crippen LogP) is 3.37. The zero-order valence-corrected chi connectivity index (χ0v) is 17.0. The van der Waals surface area contributed by atoms with Crippen LogP contribution in [0, 0.1) is 19.8 Å². The van der Waals surface area contributed by atoms with Gasteiger partial charge in [-0.3, -0.25) is 9.59 Å². The van der Waals surface area contributed by atoms with Crippen LogP contribution >= 0.6 is 11.2 Å². The molecule has 0 N–H and O–H groups in total. The summed E-state index contributed by atoms with van der Waals surface area (Å²) in [5.74, 6) is -2.50. The third-order valence-corrected chi connectivity index (χ3v) is 6.95. The van der Waals surface area contributed by atoms with Gasteiger partial charge in [-0.25, -0.2) is 8.77 Å². The summed E-state index contributed by atoms with van der Waals surface area (Å²) < 4.78 is 32.7. The molecule has 1 atom stereocenters. The van der Waals surface area contributed by atoms with Crippen LogP contribution in [0.25, 0.3) is 6.08 Å². The second kappa shape index (κ2) is 6.65. The highest BCUT2D eigenvalue weighted by atomic mass is 32.3. The molecule has 1 saturated heterocycles. The van der Waals surface area contributed by atoms with Crippen LogP contribution in [-0.4, -0.2) is 36.5 Å². The van der Waals surface area contributed by atoms with Crippen molar-refractivity contribution >= 4 is 40.7 Å². The molecule has 0 spiro atoms. The first-order valence-corrected chi connectivity index (χ1v) is 10.5. The minimum absolute atomic E-state index is 0.00430. The molecule has 2 amide bonds. The van der Waals surface area contributed by atoms with E-state index in [0.29, 0.717) is 22.1 Å². The number of hydrogen-bond donors (Lipinski definition) is 0. The number of nitrogens with zero attached hydrogens (tertiary/aromatic N) is 3. The normalized spacial score (nSPS) is 23.3. The van der Waals surface area contributed by atoms with E-state index >= 15 is 7.77 Å². The van der Waals surface area contributed by atoms with E-state index in [1.165, 1.54) is 0 Å². The SMILES string of the molecule is Cc1cc(C)n2c1C=C1C=CC(CCC(=O)ON3C(=O)CC(C)C3=O)=[N+]1S2(F)F. The lowest BCUT2D eigenvalue weighted by molar-refractivity contribution is -0.302. The van der Waals surface area contributed by atoms with Gasteiger partial charge in [-0.1, -0.05) is 18.7 Å². The van der Waals surface area contributed by atoms with Gasteiger partial charge in [0.2, 0.25) is 11.4 Å². The van der Waals surface area contributed by atoms with Crippen molar-refractivity contribution in [3.05, 3.63) is 40.9 Å². The van der Waals surface area contributed by atoms with Crippen molar-refractivity contribution < 1.29 is 31.0 Å². The van der Waals surface area contributed by atoms with E-state index in [1.54, 1.807) is 45.1 Å². The number of hydrogen-bond acceptors (Lipinski definition) is 4. The summed E-state index contributed by atoms with van der Waals surface area (Å²) in [5, 5.41) is 0.479. The monoisotopic (exact) mass is 424 g/mol. The molecule has 154 valence electrons. The largest absolute Gasteiger partial charge is 0.387 e. The third kappa shape index (κ3) is 3.02. The van der Waals surface area contributed by atoms with Gasteiger partial charge in [0.05, 0.1) is 12.1 Å². The fraction of sp³-hybridized carbons (Fsp3) is 0.368. The number of imide groups is 1. The van der Waals surface area contributed by atoms with Crippen molar-refractivity contribution in [1.29, 1.82) is 0 Å². The van der Waals surface area contributed by atoms with Crippen molar-refractivity contribution in [2.45, 2.75) is 40.0 Å². The predicted molar refractivity (Wildman–Crippen MR) is 102 cm³/mol. The van der Waals surface area contributed by atoms with E-state index in [0.717, 1.165) is 13.5 Å². The Morgan fingerprint density at radius 2 is 2.03 bits per heavy atom. The minimum atomic E-state index is -4.36. The number of carbonyl (C=O) groups is 3. The van der Waals surface area contributed by atoms with Crippen LogP contribution in [0.3, 0.4) is 0 Å². The molecule has 10 heteroatoms. The zero-order chi connectivity index (χ0) is 21.1. The highest BCUT2D eigenvalue weighted by Gasteiger charge is 2.50. The van der Waals surface area contributed by atoms with Crippen molar-refractivity contribution in [2.75, 3.05) is 0 Å². The summed E-state index contributed by atoms with van der Waals surface area (Å²) in [6.45, 7) is 5.01. The van der Waals surface area contributed by atoms with Crippen molar-refractivity contribution in [3.63, 3.8) is 0 Å². The Hall–Kier alpha value is -2.75. The Morgan fingerprint density at radius 1 is 1.31 bits per heavy atom. The zero-order valence-electron chi connectivity index (χ0n) is 16.1.